The van der Waals surface area contributed by atoms with E-state index in [2.05, 4.69) is 10.1 Å². The van der Waals surface area contributed by atoms with E-state index in [0.717, 1.165) is 6.08 Å². The predicted molar refractivity (Wildman–Crippen MR) is 81.6 cm³/mol. The molecule has 2 rings (SSSR count). The van der Waals surface area contributed by atoms with Crippen LogP contribution in [0.4, 0.5) is 18.9 Å². The number of halogens is 3. The SMILES string of the molecule is O=C(/C=C/c1ccccc1N1CCNC(OC(=O)C(F)(F)F)C1)NO. The fourth-order valence-electron chi connectivity index (χ4n) is 2.33. The molecule has 1 aliphatic heterocycles. The number of carbonyl (C=O) groups is 2. The van der Waals surface area contributed by atoms with Crippen molar-refractivity contribution in [1.82, 2.24) is 10.8 Å². The number of esters is 1. The Hall–Kier alpha value is -2.59. The van der Waals surface area contributed by atoms with Gasteiger partial charge in [0.05, 0.1) is 6.54 Å². The van der Waals surface area contributed by atoms with Crippen molar-refractivity contribution in [2.75, 3.05) is 24.5 Å². The van der Waals surface area contributed by atoms with Crippen LogP contribution in [0, 0.1) is 0 Å². The maximum atomic E-state index is 12.3. The van der Waals surface area contributed by atoms with E-state index in [9.17, 15) is 22.8 Å². The third kappa shape index (κ3) is 5.19. The highest BCUT2D eigenvalue weighted by atomic mass is 19.4. The number of piperazine rings is 1. The predicted octanol–water partition coefficient (Wildman–Crippen LogP) is 1.05. The molecule has 0 radical (unpaired) electrons. The van der Waals surface area contributed by atoms with Crippen molar-refractivity contribution in [3.63, 3.8) is 0 Å². The van der Waals surface area contributed by atoms with E-state index in [1.54, 1.807) is 29.2 Å². The molecule has 1 aromatic carbocycles. The van der Waals surface area contributed by atoms with Gasteiger partial charge in [0.1, 0.15) is 0 Å². The number of hydroxylamine groups is 1. The van der Waals surface area contributed by atoms with Gasteiger partial charge in [-0.15, -0.1) is 0 Å². The molecular weight excluding hydrogens is 343 g/mol. The highest BCUT2D eigenvalue weighted by molar-refractivity contribution is 5.91. The quantitative estimate of drug-likeness (QED) is 0.322. The molecule has 10 heteroatoms. The third-order valence-electron chi connectivity index (χ3n) is 3.42. The Bertz CT molecular complexity index is 664. The van der Waals surface area contributed by atoms with E-state index >= 15 is 0 Å². The second-order valence-electron chi connectivity index (χ2n) is 5.16. The first-order valence-corrected chi connectivity index (χ1v) is 7.28. The van der Waals surface area contributed by atoms with Crippen LogP contribution < -0.4 is 15.7 Å². The van der Waals surface area contributed by atoms with Gasteiger partial charge in [-0.2, -0.15) is 13.2 Å². The monoisotopic (exact) mass is 359 g/mol. The zero-order chi connectivity index (χ0) is 18.4. The van der Waals surface area contributed by atoms with Gasteiger partial charge < -0.3 is 9.64 Å². The van der Waals surface area contributed by atoms with Crippen LogP contribution >= 0.6 is 0 Å². The van der Waals surface area contributed by atoms with E-state index in [4.69, 9.17) is 5.21 Å². The molecule has 1 aromatic rings. The van der Waals surface area contributed by atoms with Crippen molar-refractivity contribution in [1.29, 1.82) is 0 Å². The largest absolute Gasteiger partial charge is 0.490 e. The van der Waals surface area contributed by atoms with Crippen molar-refractivity contribution >= 4 is 23.6 Å². The number of carbonyl (C=O) groups excluding carboxylic acids is 2. The van der Waals surface area contributed by atoms with Gasteiger partial charge in [0.2, 0.25) is 0 Å². The zero-order valence-electron chi connectivity index (χ0n) is 12.9. The second-order valence-corrected chi connectivity index (χ2v) is 5.16. The highest BCUT2D eigenvalue weighted by Gasteiger charge is 2.42. The summed E-state index contributed by atoms with van der Waals surface area (Å²) in [4.78, 5) is 23.8. The van der Waals surface area contributed by atoms with Crippen LogP contribution in [0.25, 0.3) is 6.08 Å². The summed E-state index contributed by atoms with van der Waals surface area (Å²) >= 11 is 0. The summed E-state index contributed by atoms with van der Waals surface area (Å²) in [6, 6.07) is 6.89. The average Bonchev–Trinajstić information content (AvgIpc) is 2.59. The van der Waals surface area contributed by atoms with Gasteiger partial charge in [0.15, 0.2) is 6.23 Å². The summed E-state index contributed by atoms with van der Waals surface area (Å²) in [6.07, 6.45) is -3.59. The fraction of sp³-hybridized carbons (Fsp3) is 0.333. The molecule has 1 amide bonds. The lowest BCUT2D eigenvalue weighted by molar-refractivity contribution is -0.206. The van der Waals surface area contributed by atoms with Gasteiger partial charge >= 0.3 is 12.1 Å². The van der Waals surface area contributed by atoms with Crippen LogP contribution in [0.15, 0.2) is 30.3 Å². The summed E-state index contributed by atoms with van der Waals surface area (Å²) in [6.45, 7) is 0.793. The molecule has 1 heterocycles. The van der Waals surface area contributed by atoms with Crippen molar-refractivity contribution in [2.24, 2.45) is 0 Å². The van der Waals surface area contributed by atoms with Crippen LogP contribution in [0.2, 0.25) is 0 Å². The van der Waals surface area contributed by atoms with Gasteiger partial charge in [-0.05, 0) is 17.7 Å². The van der Waals surface area contributed by atoms with Crippen molar-refractivity contribution < 1.29 is 32.7 Å². The zero-order valence-corrected chi connectivity index (χ0v) is 12.9. The van der Waals surface area contributed by atoms with Crippen LogP contribution in [0.3, 0.4) is 0 Å². The van der Waals surface area contributed by atoms with Gasteiger partial charge in [-0.3, -0.25) is 15.3 Å². The summed E-state index contributed by atoms with van der Waals surface area (Å²) in [5.74, 6) is -2.97. The van der Waals surface area contributed by atoms with Crippen LogP contribution in [-0.4, -0.2) is 49.1 Å². The minimum atomic E-state index is -5.05. The van der Waals surface area contributed by atoms with Gasteiger partial charge in [0, 0.05) is 24.9 Å². The molecule has 1 atom stereocenters. The molecule has 0 saturated carbocycles. The molecule has 0 aliphatic carbocycles. The summed E-state index contributed by atoms with van der Waals surface area (Å²) < 4.78 is 41.4. The number of benzene rings is 1. The van der Waals surface area contributed by atoms with Gasteiger partial charge in [-0.1, -0.05) is 18.2 Å². The number of alkyl halides is 3. The number of rotatable bonds is 4. The Kier molecular flexibility index (Phi) is 5.99. The van der Waals surface area contributed by atoms with Crippen LogP contribution in [0.5, 0.6) is 0 Å². The standard InChI is InChI=1S/C15H16F3N3O4/c16-15(17,18)14(23)25-13-9-21(8-7-19-13)11-4-2-1-3-10(11)5-6-12(22)20-24/h1-6,13,19,24H,7-9H2,(H,20,22)/b6-5+. The first kappa shape index (κ1) is 18.7. The van der Waals surface area contributed by atoms with Crippen molar-refractivity contribution in [3.05, 3.63) is 35.9 Å². The smallest absolute Gasteiger partial charge is 0.438 e. The lowest BCUT2D eigenvalue weighted by Crippen LogP contribution is -2.53. The van der Waals surface area contributed by atoms with Gasteiger partial charge in [-0.25, -0.2) is 10.3 Å². The first-order valence-electron chi connectivity index (χ1n) is 7.28. The number of anilines is 1. The number of para-hydroxylation sites is 1. The maximum Gasteiger partial charge on any atom is 0.490 e. The Balaban J connectivity index is 2.12. The number of hydrogen-bond donors (Lipinski definition) is 3. The van der Waals surface area contributed by atoms with Crippen LogP contribution in [0.1, 0.15) is 5.56 Å². The summed E-state index contributed by atoms with van der Waals surface area (Å²) in [5, 5.41) is 11.2. The number of nitrogens with one attached hydrogen (secondary N) is 2. The number of nitrogens with zero attached hydrogens (tertiary/aromatic N) is 1. The Labute approximate surface area is 141 Å². The molecule has 136 valence electrons. The van der Waals surface area contributed by atoms with E-state index in [0.29, 0.717) is 24.3 Å². The molecule has 1 fully saturated rings. The van der Waals surface area contributed by atoms with Crippen molar-refractivity contribution in [2.45, 2.75) is 12.4 Å². The molecule has 7 nitrogen and oxygen atoms in total. The molecule has 1 aliphatic rings. The molecule has 1 unspecified atom stereocenters. The second kappa shape index (κ2) is 7.99. The molecule has 0 bridgehead atoms. The van der Waals surface area contributed by atoms with Crippen molar-refractivity contribution in [3.8, 4) is 0 Å². The highest BCUT2D eigenvalue weighted by Crippen LogP contribution is 2.24. The molecular formula is C15H16F3N3O4. The molecule has 25 heavy (non-hydrogen) atoms. The number of hydrogen-bond acceptors (Lipinski definition) is 6. The molecule has 0 aromatic heterocycles. The Morgan fingerprint density at radius 1 is 1.36 bits per heavy atom. The Morgan fingerprint density at radius 2 is 2.08 bits per heavy atom. The lowest BCUT2D eigenvalue weighted by Gasteiger charge is -2.35. The van der Waals surface area contributed by atoms with Crippen LogP contribution in [-0.2, 0) is 14.3 Å². The minimum absolute atomic E-state index is 0.0128. The molecule has 1 saturated heterocycles. The fourth-order valence-corrected chi connectivity index (χ4v) is 2.33. The Morgan fingerprint density at radius 3 is 2.76 bits per heavy atom. The van der Waals surface area contributed by atoms with E-state index < -0.39 is 24.3 Å². The number of amides is 1. The van der Waals surface area contributed by atoms with Gasteiger partial charge in [0.25, 0.3) is 5.91 Å². The normalized spacial score (nSPS) is 18.2. The number of ether oxygens (including phenoxy) is 1. The molecule has 3 N–H and O–H groups in total. The topological polar surface area (TPSA) is 90.9 Å². The summed E-state index contributed by atoms with van der Waals surface area (Å²) in [7, 11) is 0. The summed E-state index contributed by atoms with van der Waals surface area (Å²) in [5.41, 5.74) is 2.73. The van der Waals surface area contributed by atoms with E-state index in [1.807, 2.05) is 0 Å². The third-order valence-corrected chi connectivity index (χ3v) is 3.42. The van der Waals surface area contributed by atoms with E-state index in [1.165, 1.54) is 11.6 Å². The molecule has 0 spiro atoms. The minimum Gasteiger partial charge on any atom is -0.438 e. The first-order chi connectivity index (χ1) is 11.8. The maximum absolute atomic E-state index is 12.3. The van der Waals surface area contributed by atoms with E-state index in [-0.39, 0.29) is 6.54 Å². The lowest BCUT2D eigenvalue weighted by atomic mass is 10.1. The average molecular weight is 359 g/mol.